The maximum atomic E-state index is 3.59. The molecule has 1 aliphatic carbocycles. The molecule has 1 aromatic heterocycles. The van der Waals surface area contributed by atoms with E-state index in [1.54, 1.807) is 0 Å². The maximum Gasteiger partial charge on any atom is 0.0701 e. The fourth-order valence-electron chi connectivity index (χ4n) is 1.67. The van der Waals surface area contributed by atoms with Crippen LogP contribution in [0.1, 0.15) is 31.2 Å². The molecule has 0 aromatic carbocycles. The fraction of sp³-hybridized carbons (Fsp3) is 0.636. The molecule has 78 valence electrons. The Morgan fingerprint density at radius 2 is 2.36 bits per heavy atom. The minimum Gasteiger partial charge on any atom is -0.309 e. The highest BCUT2D eigenvalue weighted by molar-refractivity contribution is 9.11. The summed E-state index contributed by atoms with van der Waals surface area (Å²) < 4.78 is 1.22. The topological polar surface area (TPSA) is 12.0 Å². The Balaban J connectivity index is 1.80. The lowest BCUT2D eigenvalue weighted by Gasteiger charge is -2.11. The van der Waals surface area contributed by atoms with Crippen LogP contribution in [0.2, 0.25) is 0 Å². The molecule has 1 nitrogen and oxygen atoms in total. The van der Waals surface area contributed by atoms with Crippen LogP contribution in [0.5, 0.6) is 0 Å². The molecule has 0 amide bonds. The van der Waals surface area contributed by atoms with Gasteiger partial charge in [0, 0.05) is 10.9 Å². The molecule has 14 heavy (non-hydrogen) atoms. The zero-order chi connectivity index (χ0) is 10.1. The molecular weight excluding hydrogens is 258 g/mol. The Labute approximate surface area is 98.0 Å². The SMILES string of the molecule is CC(NCC1CC1C)c1ccc(Br)s1. The highest BCUT2D eigenvalue weighted by Crippen LogP contribution is 2.37. The van der Waals surface area contributed by atoms with Crippen molar-refractivity contribution in [2.75, 3.05) is 6.54 Å². The summed E-state index contributed by atoms with van der Waals surface area (Å²) >= 11 is 5.32. The zero-order valence-corrected chi connectivity index (χ0v) is 11.0. The number of thiophene rings is 1. The third kappa shape index (κ3) is 2.59. The number of rotatable bonds is 4. The first-order valence-corrected chi connectivity index (χ1v) is 6.76. The Hall–Kier alpha value is 0.140. The third-order valence-corrected chi connectivity index (χ3v) is 4.79. The quantitative estimate of drug-likeness (QED) is 0.880. The van der Waals surface area contributed by atoms with Gasteiger partial charge in [0.05, 0.1) is 3.79 Å². The zero-order valence-electron chi connectivity index (χ0n) is 8.59. The first-order valence-electron chi connectivity index (χ1n) is 5.15. The van der Waals surface area contributed by atoms with Crippen molar-refractivity contribution in [3.8, 4) is 0 Å². The molecule has 1 aromatic rings. The van der Waals surface area contributed by atoms with E-state index in [-0.39, 0.29) is 0 Å². The summed E-state index contributed by atoms with van der Waals surface area (Å²) in [6.45, 7) is 5.75. The highest BCUT2D eigenvalue weighted by Gasteiger charge is 2.32. The van der Waals surface area contributed by atoms with Crippen molar-refractivity contribution in [2.45, 2.75) is 26.3 Å². The summed E-state index contributed by atoms with van der Waals surface area (Å²) in [6.07, 6.45) is 1.41. The second-order valence-corrected chi connectivity index (χ2v) is 6.74. The molecule has 2 rings (SSSR count). The minimum absolute atomic E-state index is 0.499. The van der Waals surface area contributed by atoms with Crippen LogP contribution in [0.4, 0.5) is 0 Å². The summed E-state index contributed by atoms with van der Waals surface area (Å²) in [5.41, 5.74) is 0. The number of nitrogens with one attached hydrogen (secondary N) is 1. The molecule has 3 unspecified atom stereocenters. The largest absolute Gasteiger partial charge is 0.309 e. The number of hydrogen-bond donors (Lipinski definition) is 1. The Morgan fingerprint density at radius 3 is 2.86 bits per heavy atom. The summed E-state index contributed by atoms with van der Waals surface area (Å²) in [6, 6.07) is 4.82. The Kier molecular flexibility index (Phi) is 3.30. The van der Waals surface area contributed by atoms with Gasteiger partial charge in [0.2, 0.25) is 0 Å². The summed E-state index contributed by atoms with van der Waals surface area (Å²) in [5.74, 6) is 1.88. The maximum absolute atomic E-state index is 3.59. The second-order valence-electron chi connectivity index (χ2n) is 4.24. The third-order valence-electron chi connectivity index (χ3n) is 2.98. The molecule has 0 radical (unpaired) electrons. The van der Waals surface area contributed by atoms with Gasteiger partial charge in [-0.05, 0) is 59.8 Å². The monoisotopic (exact) mass is 273 g/mol. The van der Waals surface area contributed by atoms with Crippen LogP contribution in [-0.4, -0.2) is 6.54 Å². The lowest BCUT2D eigenvalue weighted by atomic mass is 10.2. The van der Waals surface area contributed by atoms with E-state index in [0.29, 0.717) is 6.04 Å². The molecule has 3 heteroatoms. The lowest BCUT2D eigenvalue weighted by molar-refractivity contribution is 0.541. The summed E-state index contributed by atoms with van der Waals surface area (Å²) in [5, 5.41) is 3.59. The minimum atomic E-state index is 0.499. The van der Waals surface area contributed by atoms with Crippen LogP contribution < -0.4 is 5.32 Å². The van der Waals surface area contributed by atoms with Gasteiger partial charge in [-0.1, -0.05) is 6.92 Å². The molecule has 1 saturated carbocycles. The molecule has 0 bridgehead atoms. The molecule has 0 aliphatic heterocycles. The fourth-order valence-corrected chi connectivity index (χ4v) is 3.12. The van der Waals surface area contributed by atoms with Crippen LogP contribution in [-0.2, 0) is 0 Å². The first-order chi connectivity index (χ1) is 6.66. The number of hydrogen-bond acceptors (Lipinski definition) is 2. The molecule has 1 aliphatic rings. The van der Waals surface area contributed by atoms with Crippen molar-refractivity contribution in [1.82, 2.24) is 5.32 Å². The van der Waals surface area contributed by atoms with Crippen LogP contribution in [0.3, 0.4) is 0 Å². The van der Waals surface area contributed by atoms with E-state index in [1.165, 1.54) is 21.6 Å². The highest BCUT2D eigenvalue weighted by atomic mass is 79.9. The molecule has 0 spiro atoms. The van der Waals surface area contributed by atoms with Gasteiger partial charge in [-0.2, -0.15) is 0 Å². The summed E-state index contributed by atoms with van der Waals surface area (Å²) in [4.78, 5) is 1.42. The van der Waals surface area contributed by atoms with Crippen molar-refractivity contribution in [3.05, 3.63) is 20.8 Å². The van der Waals surface area contributed by atoms with E-state index in [0.717, 1.165) is 11.8 Å². The van der Waals surface area contributed by atoms with Crippen molar-refractivity contribution in [2.24, 2.45) is 11.8 Å². The Morgan fingerprint density at radius 1 is 1.64 bits per heavy atom. The molecule has 1 fully saturated rings. The molecule has 3 atom stereocenters. The van der Waals surface area contributed by atoms with Gasteiger partial charge in [-0.3, -0.25) is 0 Å². The van der Waals surface area contributed by atoms with Crippen LogP contribution in [0.25, 0.3) is 0 Å². The van der Waals surface area contributed by atoms with E-state index in [1.807, 2.05) is 11.3 Å². The normalized spacial score (nSPS) is 27.6. The average molecular weight is 274 g/mol. The molecule has 1 heterocycles. The van der Waals surface area contributed by atoms with Gasteiger partial charge in [-0.15, -0.1) is 11.3 Å². The van der Waals surface area contributed by atoms with E-state index in [4.69, 9.17) is 0 Å². The van der Waals surface area contributed by atoms with E-state index < -0.39 is 0 Å². The van der Waals surface area contributed by atoms with Gasteiger partial charge < -0.3 is 5.32 Å². The summed E-state index contributed by atoms with van der Waals surface area (Å²) in [7, 11) is 0. The van der Waals surface area contributed by atoms with Crippen LogP contribution in [0, 0.1) is 11.8 Å². The van der Waals surface area contributed by atoms with Crippen molar-refractivity contribution in [1.29, 1.82) is 0 Å². The lowest BCUT2D eigenvalue weighted by Crippen LogP contribution is -2.20. The van der Waals surface area contributed by atoms with Crippen molar-refractivity contribution < 1.29 is 0 Å². The van der Waals surface area contributed by atoms with Gasteiger partial charge >= 0.3 is 0 Å². The van der Waals surface area contributed by atoms with Crippen LogP contribution in [0.15, 0.2) is 15.9 Å². The van der Waals surface area contributed by atoms with Gasteiger partial charge in [0.15, 0.2) is 0 Å². The van der Waals surface area contributed by atoms with Crippen molar-refractivity contribution >= 4 is 27.3 Å². The standard InChI is InChI=1S/C11H16BrNS/c1-7-5-9(7)6-13-8(2)10-3-4-11(12)14-10/h3-4,7-9,13H,5-6H2,1-2H3. The van der Waals surface area contributed by atoms with Crippen molar-refractivity contribution in [3.63, 3.8) is 0 Å². The van der Waals surface area contributed by atoms with Gasteiger partial charge in [0.25, 0.3) is 0 Å². The average Bonchev–Trinajstić information content (AvgIpc) is 2.66. The van der Waals surface area contributed by atoms with E-state index in [9.17, 15) is 0 Å². The molecule has 1 N–H and O–H groups in total. The van der Waals surface area contributed by atoms with E-state index in [2.05, 4.69) is 47.2 Å². The van der Waals surface area contributed by atoms with E-state index >= 15 is 0 Å². The second kappa shape index (κ2) is 4.33. The molecule has 0 saturated heterocycles. The predicted molar refractivity (Wildman–Crippen MR) is 65.7 cm³/mol. The van der Waals surface area contributed by atoms with Gasteiger partial charge in [0.1, 0.15) is 0 Å². The smallest absolute Gasteiger partial charge is 0.0701 e. The Bertz CT molecular complexity index is 310. The van der Waals surface area contributed by atoms with Crippen LogP contribution >= 0.6 is 27.3 Å². The van der Waals surface area contributed by atoms with Gasteiger partial charge in [-0.25, -0.2) is 0 Å². The first kappa shape index (κ1) is 10.7. The molecular formula is C11H16BrNS. The predicted octanol–water partition coefficient (Wildman–Crippen LogP) is 3.82. The number of halogens is 1.